The molecule has 1 aliphatic carbocycles. The standard InChI is InChI=1S/C12H16N2O2S/c15-11(16)10-7-8-3-1-2-4-9(8)14(10)12-13-5-6-17-12/h5-6,8-10H,1-4,7H2,(H,15,16). The molecule has 4 nitrogen and oxygen atoms in total. The zero-order valence-electron chi connectivity index (χ0n) is 9.58. The first kappa shape index (κ1) is 11.0. The zero-order valence-corrected chi connectivity index (χ0v) is 10.4. The smallest absolute Gasteiger partial charge is 0.326 e. The van der Waals surface area contributed by atoms with Gasteiger partial charge in [0.25, 0.3) is 0 Å². The second kappa shape index (κ2) is 4.29. The number of carbonyl (C=O) groups is 1. The van der Waals surface area contributed by atoms with Crippen LogP contribution in [-0.2, 0) is 4.79 Å². The number of anilines is 1. The van der Waals surface area contributed by atoms with Crippen molar-refractivity contribution in [3.8, 4) is 0 Å². The molecule has 1 aromatic rings. The highest BCUT2D eigenvalue weighted by Crippen LogP contribution is 2.42. The van der Waals surface area contributed by atoms with Crippen LogP contribution in [0.1, 0.15) is 32.1 Å². The number of carboxylic acids is 1. The number of rotatable bonds is 2. The lowest BCUT2D eigenvalue weighted by atomic mass is 9.85. The minimum atomic E-state index is -0.699. The zero-order chi connectivity index (χ0) is 11.8. The average molecular weight is 252 g/mol. The molecule has 0 spiro atoms. The van der Waals surface area contributed by atoms with Crippen LogP contribution < -0.4 is 4.90 Å². The van der Waals surface area contributed by atoms with Gasteiger partial charge in [-0.25, -0.2) is 9.78 Å². The molecule has 0 amide bonds. The number of carboxylic acid groups (broad SMARTS) is 1. The molecular weight excluding hydrogens is 236 g/mol. The Balaban J connectivity index is 1.93. The maximum absolute atomic E-state index is 11.4. The molecule has 92 valence electrons. The van der Waals surface area contributed by atoms with Gasteiger partial charge < -0.3 is 10.0 Å². The maximum Gasteiger partial charge on any atom is 0.326 e. The molecular formula is C12H16N2O2S. The molecule has 1 saturated heterocycles. The fraction of sp³-hybridized carbons (Fsp3) is 0.667. The van der Waals surface area contributed by atoms with Gasteiger partial charge in [-0.3, -0.25) is 0 Å². The van der Waals surface area contributed by atoms with Gasteiger partial charge in [-0.1, -0.05) is 12.8 Å². The summed E-state index contributed by atoms with van der Waals surface area (Å²) >= 11 is 1.55. The van der Waals surface area contributed by atoms with Crippen molar-refractivity contribution in [1.82, 2.24) is 4.98 Å². The Kier molecular flexibility index (Phi) is 2.78. The summed E-state index contributed by atoms with van der Waals surface area (Å²) in [5.74, 6) is -0.150. The van der Waals surface area contributed by atoms with Gasteiger partial charge in [0, 0.05) is 17.6 Å². The molecule has 1 saturated carbocycles. The predicted molar refractivity (Wildman–Crippen MR) is 66.4 cm³/mol. The highest BCUT2D eigenvalue weighted by molar-refractivity contribution is 7.13. The minimum Gasteiger partial charge on any atom is -0.480 e. The van der Waals surface area contributed by atoms with Crippen molar-refractivity contribution in [2.24, 2.45) is 5.92 Å². The van der Waals surface area contributed by atoms with E-state index < -0.39 is 5.97 Å². The Bertz CT molecular complexity index is 407. The van der Waals surface area contributed by atoms with Gasteiger partial charge >= 0.3 is 5.97 Å². The summed E-state index contributed by atoms with van der Waals surface area (Å²) in [4.78, 5) is 17.8. The van der Waals surface area contributed by atoms with Crippen molar-refractivity contribution in [2.45, 2.75) is 44.2 Å². The molecule has 2 heterocycles. The van der Waals surface area contributed by atoms with Crippen LogP contribution in [0.15, 0.2) is 11.6 Å². The van der Waals surface area contributed by atoms with Crippen LogP contribution in [0.2, 0.25) is 0 Å². The van der Waals surface area contributed by atoms with Crippen LogP contribution in [0.4, 0.5) is 5.13 Å². The predicted octanol–water partition coefficient (Wildman–Crippen LogP) is 2.37. The normalized spacial score (nSPS) is 32.5. The summed E-state index contributed by atoms with van der Waals surface area (Å²) in [6.07, 6.45) is 7.31. The first-order valence-corrected chi connectivity index (χ1v) is 7.06. The van der Waals surface area contributed by atoms with Crippen LogP contribution in [0, 0.1) is 5.92 Å². The highest BCUT2D eigenvalue weighted by atomic mass is 32.1. The summed E-state index contributed by atoms with van der Waals surface area (Å²) in [5.41, 5.74) is 0. The Hall–Kier alpha value is -1.10. The summed E-state index contributed by atoms with van der Waals surface area (Å²) in [5, 5.41) is 12.2. The lowest BCUT2D eigenvalue weighted by molar-refractivity contribution is -0.138. The molecule has 1 N–H and O–H groups in total. The van der Waals surface area contributed by atoms with Crippen LogP contribution in [0.3, 0.4) is 0 Å². The van der Waals surface area contributed by atoms with E-state index in [2.05, 4.69) is 9.88 Å². The molecule has 0 bridgehead atoms. The van der Waals surface area contributed by atoms with Crippen molar-refractivity contribution in [2.75, 3.05) is 4.90 Å². The molecule has 3 unspecified atom stereocenters. The Morgan fingerprint density at radius 3 is 3.00 bits per heavy atom. The fourth-order valence-corrected chi connectivity index (χ4v) is 4.05. The number of fused-ring (bicyclic) bond motifs is 1. The van der Waals surface area contributed by atoms with Crippen LogP contribution in [-0.4, -0.2) is 28.1 Å². The third-order valence-corrected chi connectivity index (χ3v) is 4.80. The monoisotopic (exact) mass is 252 g/mol. The molecule has 3 rings (SSSR count). The number of hydrogen-bond donors (Lipinski definition) is 1. The van der Waals surface area contributed by atoms with Crippen molar-refractivity contribution in [3.05, 3.63) is 11.6 Å². The fourth-order valence-electron chi connectivity index (χ4n) is 3.30. The molecule has 0 radical (unpaired) electrons. The lowest BCUT2D eigenvalue weighted by Crippen LogP contribution is -2.42. The van der Waals surface area contributed by atoms with E-state index in [1.807, 2.05) is 5.38 Å². The molecule has 17 heavy (non-hydrogen) atoms. The van der Waals surface area contributed by atoms with Gasteiger partial charge in [-0.15, -0.1) is 11.3 Å². The Morgan fingerprint density at radius 1 is 1.47 bits per heavy atom. The SMILES string of the molecule is O=C(O)C1CC2CCCCC2N1c1nccs1. The van der Waals surface area contributed by atoms with E-state index in [9.17, 15) is 9.90 Å². The average Bonchev–Trinajstić information content (AvgIpc) is 2.94. The minimum absolute atomic E-state index is 0.366. The molecule has 2 aliphatic rings. The summed E-state index contributed by atoms with van der Waals surface area (Å²) < 4.78 is 0. The van der Waals surface area contributed by atoms with E-state index in [1.165, 1.54) is 19.3 Å². The van der Waals surface area contributed by atoms with E-state index in [-0.39, 0.29) is 6.04 Å². The first-order chi connectivity index (χ1) is 8.27. The van der Waals surface area contributed by atoms with E-state index >= 15 is 0 Å². The van der Waals surface area contributed by atoms with E-state index in [4.69, 9.17) is 0 Å². The molecule has 1 aromatic heterocycles. The van der Waals surface area contributed by atoms with Crippen molar-refractivity contribution < 1.29 is 9.90 Å². The summed E-state index contributed by atoms with van der Waals surface area (Å²) in [6, 6.07) is 0.0326. The number of hydrogen-bond acceptors (Lipinski definition) is 4. The number of aliphatic carboxylic acids is 1. The topological polar surface area (TPSA) is 53.4 Å². The number of thiazole rings is 1. The van der Waals surface area contributed by atoms with Crippen molar-refractivity contribution >= 4 is 22.4 Å². The van der Waals surface area contributed by atoms with Gasteiger partial charge in [-0.05, 0) is 25.2 Å². The van der Waals surface area contributed by atoms with Crippen molar-refractivity contribution in [1.29, 1.82) is 0 Å². The largest absolute Gasteiger partial charge is 0.480 e. The van der Waals surface area contributed by atoms with Crippen LogP contribution >= 0.6 is 11.3 Å². The first-order valence-electron chi connectivity index (χ1n) is 6.18. The molecule has 0 aromatic carbocycles. The second-order valence-electron chi connectivity index (χ2n) is 4.92. The van der Waals surface area contributed by atoms with Crippen LogP contribution in [0.5, 0.6) is 0 Å². The number of aromatic nitrogens is 1. The molecule has 3 atom stereocenters. The molecule has 2 fully saturated rings. The van der Waals surface area contributed by atoms with Gasteiger partial charge in [0.1, 0.15) is 6.04 Å². The quantitative estimate of drug-likeness (QED) is 0.878. The number of nitrogens with zero attached hydrogens (tertiary/aromatic N) is 2. The van der Waals surface area contributed by atoms with E-state index in [0.717, 1.165) is 18.0 Å². The molecule has 5 heteroatoms. The van der Waals surface area contributed by atoms with E-state index in [0.29, 0.717) is 12.0 Å². The Morgan fingerprint density at radius 2 is 2.29 bits per heavy atom. The second-order valence-corrected chi connectivity index (χ2v) is 5.80. The maximum atomic E-state index is 11.4. The summed E-state index contributed by atoms with van der Waals surface area (Å²) in [6.45, 7) is 0. The van der Waals surface area contributed by atoms with Gasteiger partial charge in [0.15, 0.2) is 5.13 Å². The molecule has 1 aliphatic heterocycles. The summed E-state index contributed by atoms with van der Waals surface area (Å²) in [7, 11) is 0. The van der Waals surface area contributed by atoms with E-state index in [1.54, 1.807) is 17.5 Å². The Labute approximate surface area is 104 Å². The van der Waals surface area contributed by atoms with Gasteiger partial charge in [0.05, 0.1) is 0 Å². The third-order valence-electron chi connectivity index (χ3n) is 4.01. The van der Waals surface area contributed by atoms with Gasteiger partial charge in [0.2, 0.25) is 0 Å². The van der Waals surface area contributed by atoms with Gasteiger partial charge in [-0.2, -0.15) is 0 Å². The van der Waals surface area contributed by atoms with Crippen LogP contribution in [0.25, 0.3) is 0 Å². The third kappa shape index (κ3) is 1.82. The highest BCUT2D eigenvalue weighted by Gasteiger charge is 2.46. The lowest BCUT2D eigenvalue weighted by Gasteiger charge is -2.32. The van der Waals surface area contributed by atoms with Crippen molar-refractivity contribution in [3.63, 3.8) is 0 Å².